The second-order valence-corrected chi connectivity index (χ2v) is 7.35. The Balaban J connectivity index is 2.12. The van der Waals surface area contributed by atoms with Crippen LogP contribution in [0.4, 0.5) is 0 Å². The number of thioether (sulfide) groups is 1. The summed E-state index contributed by atoms with van der Waals surface area (Å²) in [5.41, 5.74) is 5.73. The third-order valence-corrected chi connectivity index (χ3v) is 6.14. The van der Waals surface area contributed by atoms with Crippen molar-refractivity contribution in [1.29, 1.82) is 0 Å². The van der Waals surface area contributed by atoms with E-state index < -0.39 is 0 Å². The van der Waals surface area contributed by atoms with Gasteiger partial charge in [-0.1, -0.05) is 26.2 Å². The minimum atomic E-state index is -0.242. The maximum absolute atomic E-state index is 12.9. The predicted molar refractivity (Wildman–Crippen MR) is 77.7 cm³/mol. The van der Waals surface area contributed by atoms with E-state index in [9.17, 15) is 4.79 Å². The number of hydrogen-bond acceptors (Lipinski definition) is 3. The van der Waals surface area contributed by atoms with E-state index in [0.717, 1.165) is 38.0 Å². The standard InChI is InChI=1S/C14H26N2OS/c1-11-12(2)18-9-8-16(11)13(17)14(10-15)6-4-3-5-7-14/h11-12H,3-10,15H2,1-2H3. The highest BCUT2D eigenvalue weighted by atomic mass is 32.2. The summed E-state index contributed by atoms with van der Waals surface area (Å²) in [6.45, 7) is 5.83. The summed E-state index contributed by atoms with van der Waals surface area (Å²) in [6, 6.07) is 0.349. The molecule has 1 aliphatic heterocycles. The lowest BCUT2D eigenvalue weighted by Gasteiger charge is -2.44. The monoisotopic (exact) mass is 270 g/mol. The van der Waals surface area contributed by atoms with Gasteiger partial charge >= 0.3 is 0 Å². The van der Waals surface area contributed by atoms with Gasteiger partial charge in [0.05, 0.1) is 5.41 Å². The van der Waals surface area contributed by atoms with E-state index in [2.05, 4.69) is 18.7 Å². The Kier molecular flexibility index (Phi) is 4.59. The van der Waals surface area contributed by atoms with Crippen LogP contribution in [0.2, 0.25) is 0 Å². The normalized spacial score (nSPS) is 32.3. The Bertz CT molecular complexity index is 302. The maximum atomic E-state index is 12.9. The highest BCUT2D eigenvalue weighted by Crippen LogP contribution is 2.39. The van der Waals surface area contributed by atoms with Crippen molar-refractivity contribution in [2.75, 3.05) is 18.8 Å². The predicted octanol–water partition coefficient (Wildman–Crippen LogP) is 2.25. The number of carbonyl (C=O) groups excluding carboxylic acids is 1. The molecule has 1 aliphatic carbocycles. The molecule has 2 unspecified atom stereocenters. The van der Waals surface area contributed by atoms with E-state index in [1.807, 2.05) is 11.8 Å². The first-order chi connectivity index (χ1) is 8.60. The van der Waals surface area contributed by atoms with Gasteiger partial charge < -0.3 is 10.6 Å². The molecule has 4 heteroatoms. The summed E-state index contributed by atoms with van der Waals surface area (Å²) in [4.78, 5) is 15.0. The van der Waals surface area contributed by atoms with Gasteiger partial charge in [0.25, 0.3) is 0 Å². The highest BCUT2D eigenvalue weighted by Gasteiger charge is 2.43. The van der Waals surface area contributed by atoms with Gasteiger partial charge in [-0.3, -0.25) is 4.79 Å². The van der Waals surface area contributed by atoms with Crippen LogP contribution in [0.1, 0.15) is 46.0 Å². The van der Waals surface area contributed by atoms with Crippen molar-refractivity contribution < 1.29 is 4.79 Å². The third-order valence-electron chi connectivity index (χ3n) is 4.80. The average Bonchev–Trinajstić information content (AvgIpc) is 2.42. The molecule has 104 valence electrons. The second kappa shape index (κ2) is 5.83. The van der Waals surface area contributed by atoms with E-state index in [0.29, 0.717) is 23.7 Å². The van der Waals surface area contributed by atoms with Gasteiger partial charge in [0.2, 0.25) is 5.91 Å². The molecule has 1 heterocycles. The molecule has 2 aliphatic rings. The number of hydrogen-bond donors (Lipinski definition) is 1. The van der Waals surface area contributed by atoms with Crippen molar-refractivity contribution in [2.45, 2.75) is 57.2 Å². The summed E-state index contributed by atoms with van der Waals surface area (Å²) < 4.78 is 0. The van der Waals surface area contributed by atoms with E-state index in [1.54, 1.807) is 0 Å². The molecule has 2 rings (SSSR count). The summed E-state index contributed by atoms with van der Waals surface area (Å²) in [5, 5.41) is 0.543. The van der Waals surface area contributed by atoms with E-state index in [4.69, 9.17) is 5.73 Å². The highest BCUT2D eigenvalue weighted by molar-refractivity contribution is 8.00. The molecular weight excluding hydrogens is 244 g/mol. The first-order valence-electron chi connectivity index (χ1n) is 7.23. The molecule has 1 saturated carbocycles. The second-order valence-electron chi connectivity index (χ2n) is 5.86. The lowest BCUT2D eigenvalue weighted by Crippen LogP contribution is -2.56. The van der Waals surface area contributed by atoms with Gasteiger partial charge in [-0.05, 0) is 19.8 Å². The van der Waals surface area contributed by atoms with Crippen LogP contribution in [0.3, 0.4) is 0 Å². The Hall–Kier alpha value is -0.220. The minimum Gasteiger partial charge on any atom is -0.338 e. The van der Waals surface area contributed by atoms with Crippen LogP contribution in [0.5, 0.6) is 0 Å². The molecule has 0 aromatic rings. The first kappa shape index (κ1) is 14.2. The van der Waals surface area contributed by atoms with Crippen LogP contribution in [-0.4, -0.2) is 40.9 Å². The molecule has 0 bridgehead atoms. The molecule has 3 nitrogen and oxygen atoms in total. The van der Waals surface area contributed by atoms with Crippen molar-refractivity contribution in [3.8, 4) is 0 Å². The van der Waals surface area contributed by atoms with Crippen molar-refractivity contribution >= 4 is 17.7 Å². The summed E-state index contributed by atoms with van der Waals surface area (Å²) >= 11 is 1.98. The fraction of sp³-hybridized carbons (Fsp3) is 0.929. The summed E-state index contributed by atoms with van der Waals surface area (Å²) in [6.07, 6.45) is 5.57. The van der Waals surface area contributed by atoms with E-state index in [1.165, 1.54) is 6.42 Å². The lowest BCUT2D eigenvalue weighted by molar-refractivity contribution is -0.145. The van der Waals surface area contributed by atoms with Crippen LogP contribution in [-0.2, 0) is 4.79 Å². The maximum Gasteiger partial charge on any atom is 0.230 e. The average molecular weight is 270 g/mol. The Morgan fingerprint density at radius 3 is 2.61 bits per heavy atom. The van der Waals surface area contributed by atoms with Crippen molar-refractivity contribution in [2.24, 2.45) is 11.1 Å². The molecule has 2 N–H and O–H groups in total. The quantitative estimate of drug-likeness (QED) is 0.837. The van der Waals surface area contributed by atoms with Crippen molar-refractivity contribution in [3.05, 3.63) is 0 Å². The first-order valence-corrected chi connectivity index (χ1v) is 8.28. The number of rotatable bonds is 2. The number of carbonyl (C=O) groups is 1. The fourth-order valence-electron chi connectivity index (χ4n) is 3.26. The molecule has 2 atom stereocenters. The molecule has 2 fully saturated rings. The third kappa shape index (κ3) is 2.55. The SMILES string of the molecule is CC1SCCN(C(=O)C2(CN)CCCCC2)C1C. The van der Waals surface area contributed by atoms with Gasteiger partial charge in [0, 0.05) is 30.1 Å². The molecule has 0 spiro atoms. The summed E-state index contributed by atoms with van der Waals surface area (Å²) in [7, 11) is 0. The van der Waals surface area contributed by atoms with E-state index >= 15 is 0 Å². The lowest BCUT2D eigenvalue weighted by atomic mass is 9.72. The Morgan fingerprint density at radius 1 is 1.33 bits per heavy atom. The van der Waals surface area contributed by atoms with Crippen molar-refractivity contribution in [3.63, 3.8) is 0 Å². The Morgan fingerprint density at radius 2 is 2.00 bits per heavy atom. The number of nitrogens with zero attached hydrogens (tertiary/aromatic N) is 1. The number of nitrogens with two attached hydrogens (primary N) is 1. The largest absolute Gasteiger partial charge is 0.338 e. The van der Waals surface area contributed by atoms with Crippen LogP contribution in [0.15, 0.2) is 0 Å². The molecule has 18 heavy (non-hydrogen) atoms. The molecule has 0 radical (unpaired) electrons. The molecule has 0 aromatic heterocycles. The van der Waals surface area contributed by atoms with Crippen LogP contribution < -0.4 is 5.73 Å². The van der Waals surface area contributed by atoms with Gasteiger partial charge in [-0.25, -0.2) is 0 Å². The van der Waals surface area contributed by atoms with Gasteiger partial charge in [0.15, 0.2) is 0 Å². The fourth-order valence-corrected chi connectivity index (χ4v) is 4.36. The van der Waals surface area contributed by atoms with Crippen LogP contribution >= 0.6 is 11.8 Å². The number of amides is 1. The minimum absolute atomic E-state index is 0.242. The van der Waals surface area contributed by atoms with Crippen LogP contribution in [0, 0.1) is 5.41 Å². The zero-order valence-electron chi connectivity index (χ0n) is 11.7. The van der Waals surface area contributed by atoms with Crippen molar-refractivity contribution in [1.82, 2.24) is 4.90 Å². The topological polar surface area (TPSA) is 46.3 Å². The van der Waals surface area contributed by atoms with Gasteiger partial charge in [0.1, 0.15) is 0 Å². The zero-order chi connectivity index (χ0) is 13.2. The smallest absolute Gasteiger partial charge is 0.230 e. The molecule has 1 amide bonds. The Labute approximate surface area is 115 Å². The molecular formula is C14H26N2OS. The van der Waals surface area contributed by atoms with Gasteiger partial charge in [-0.15, -0.1) is 0 Å². The van der Waals surface area contributed by atoms with Crippen LogP contribution in [0.25, 0.3) is 0 Å². The molecule has 1 saturated heterocycles. The molecule has 0 aromatic carbocycles. The van der Waals surface area contributed by atoms with E-state index in [-0.39, 0.29) is 5.41 Å². The van der Waals surface area contributed by atoms with Gasteiger partial charge in [-0.2, -0.15) is 11.8 Å². The zero-order valence-corrected chi connectivity index (χ0v) is 12.5. The summed E-state index contributed by atoms with van der Waals surface area (Å²) in [5.74, 6) is 1.40.